The van der Waals surface area contributed by atoms with Crippen molar-refractivity contribution in [3.63, 3.8) is 0 Å². The number of carbonyl (C=O) groups excluding carboxylic acids is 1. The van der Waals surface area contributed by atoms with E-state index < -0.39 is 0 Å². The molecule has 1 aromatic carbocycles. The van der Waals surface area contributed by atoms with Crippen molar-refractivity contribution >= 4 is 52.0 Å². The summed E-state index contributed by atoms with van der Waals surface area (Å²) in [6.07, 6.45) is 5.21. The highest BCUT2D eigenvalue weighted by Crippen LogP contribution is 2.08. The molecular weight excluding hydrogens is 433 g/mol. The molecule has 0 atom stereocenters. The largest absolute Gasteiger partial charge is 0.277 e. The average Bonchev–Trinajstić information content (AvgIpc) is 2.41. The topological polar surface area (TPSA) is 45.3 Å². The number of hydrogen-bond acceptors (Lipinski definition) is 2. The van der Waals surface area contributed by atoms with E-state index in [1.807, 2.05) is 48.1 Å². The maximum Gasteiger partial charge on any atom is 0.277 e. The predicted molar refractivity (Wildman–Crippen MR) is 92.2 cm³/mol. The van der Waals surface area contributed by atoms with Gasteiger partial charge in [0.15, 0.2) is 12.4 Å². The van der Waals surface area contributed by atoms with Crippen LogP contribution in [0, 0.1) is 0 Å². The Kier molecular flexibility index (Phi) is 6.80. The van der Waals surface area contributed by atoms with Gasteiger partial charge in [-0.3, -0.25) is 4.79 Å². The minimum atomic E-state index is -0.232. The van der Waals surface area contributed by atoms with E-state index in [2.05, 4.69) is 26.5 Å². The number of carbonyl (C=O) groups is 1. The van der Waals surface area contributed by atoms with Gasteiger partial charge in [-0.1, -0.05) is 28.1 Å². The SMILES string of the molecule is C[n+]1cccc(C(=O)N/N=C/c2ccc(Br)cc2)c1.I. The molecule has 0 bridgehead atoms. The van der Waals surface area contributed by atoms with E-state index in [0.29, 0.717) is 5.56 Å². The highest BCUT2D eigenvalue weighted by atomic mass is 127. The zero-order valence-corrected chi connectivity index (χ0v) is 14.7. The Balaban J connectivity index is 0.00000200. The van der Waals surface area contributed by atoms with Crippen molar-refractivity contribution in [3.8, 4) is 0 Å². The zero-order valence-electron chi connectivity index (χ0n) is 10.8. The predicted octanol–water partition coefficient (Wildman–Crippen LogP) is 2.66. The van der Waals surface area contributed by atoms with Crippen molar-refractivity contribution in [2.75, 3.05) is 0 Å². The highest BCUT2D eigenvalue weighted by Gasteiger charge is 2.07. The Labute approximate surface area is 143 Å². The Morgan fingerprint density at radius 3 is 2.65 bits per heavy atom. The Morgan fingerprint density at radius 2 is 2.00 bits per heavy atom. The summed E-state index contributed by atoms with van der Waals surface area (Å²) < 4.78 is 2.82. The number of aromatic nitrogens is 1. The number of aryl methyl sites for hydroxylation is 1. The van der Waals surface area contributed by atoms with Gasteiger partial charge in [-0.2, -0.15) is 5.10 Å². The van der Waals surface area contributed by atoms with Gasteiger partial charge in [-0.25, -0.2) is 9.99 Å². The van der Waals surface area contributed by atoms with Crippen LogP contribution >= 0.6 is 39.9 Å². The van der Waals surface area contributed by atoms with Crippen LogP contribution in [0.15, 0.2) is 58.4 Å². The van der Waals surface area contributed by atoms with Gasteiger partial charge in [-0.05, 0) is 23.8 Å². The summed E-state index contributed by atoms with van der Waals surface area (Å²) in [6.45, 7) is 0. The lowest BCUT2D eigenvalue weighted by Crippen LogP contribution is -2.29. The van der Waals surface area contributed by atoms with Gasteiger partial charge < -0.3 is 0 Å². The molecule has 0 aliphatic heterocycles. The molecule has 0 radical (unpaired) electrons. The lowest BCUT2D eigenvalue weighted by molar-refractivity contribution is -0.671. The summed E-state index contributed by atoms with van der Waals surface area (Å²) in [5, 5.41) is 3.93. The number of halogens is 2. The van der Waals surface area contributed by atoms with Gasteiger partial charge in [0.2, 0.25) is 0 Å². The lowest BCUT2D eigenvalue weighted by atomic mass is 10.2. The molecule has 1 heterocycles. The fourth-order valence-electron chi connectivity index (χ4n) is 1.50. The van der Waals surface area contributed by atoms with Crippen LogP contribution in [0.5, 0.6) is 0 Å². The smallest absolute Gasteiger partial charge is 0.267 e. The molecule has 6 heteroatoms. The third-order valence-electron chi connectivity index (χ3n) is 2.45. The van der Waals surface area contributed by atoms with Crippen LogP contribution < -0.4 is 9.99 Å². The lowest BCUT2D eigenvalue weighted by Gasteiger charge is -1.98. The van der Waals surface area contributed by atoms with Crippen LogP contribution in [0.25, 0.3) is 0 Å². The van der Waals surface area contributed by atoms with E-state index in [-0.39, 0.29) is 29.9 Å². The van der Waals surface area contributed by atoms with E-state index >= 15 is 0 Å². The van der Waals surface area contributed by atoms with Gasteiger partial charge in [0.25, 0.3) is 5.91 Å². The quantitative estimate of drug-likeness (QED) is 0.335. The van der Waals surface area contributed by atoms with Gasteiger partial charge >= 0.3 is 0 Å². The molecule has 2 aromatic rings. The number of hydrogen-bond donors (Lipinski definition) is 1. The monoisotopic (exact) mass is 446 g/mol. The third kappa shape index (κ3) is 5.01. The molecule has 1 N–H and O–H groups in total. The van der Waals surface area contributed by atoms with Crippen molar-refractivity contribution in [1.82, 2.24) is 5.43 Å². The third-order valence-corrected chi connectivity index (χ3v) is 2.98. The van der Waals surface area contributed by atoms with Crippen molar-refractivity contribution in [3.05, 3.63) is 64.4 Å². The van der Waals surface area contributed by atoms with Crippen molar-refractivity contribution in [1.29, 1.82) is 0 Å². The van der Waals surface area contributed by atoms with E-state index in [1.54, 1.807) is 18.5 Å². The van der Waals surface area contributed by atoms with Gasteiger partial charge in [0, 0.05) is 10.5 Å². The van der Waals surface area contributed by atoms with Crippen LogP contribution in [-0.2, 0) is 7.05 Å². The van der Waals surface area contributed by atoms with Crippen LogP contribution in [0.3, 0.4) is 0 Å². The molecule has 104 valence electrons. The van der Waals surface area contributed by atoms with E-state index in [4.69, 9.17) is 0 Å². The minimum Gasteiger partial charge on any atom is -0.267 e. The minimum absolute atomic E-state index is 0. The molecule has 20 heavy (non-hydrogen) atoms. The molecule has 0 unspecified atom stereocenters. The highest BCUT2D eigenvalue weighted by molar-refractivity contribution is 14.0. The standard InChI is InChI=1S/C14H12BrN3O.HI/c1-18-8-2-3-12(10-18)14(19)17-16-9-11-4-6-13(15)7-5-11;/h2-10H,1H3;1H/p+1/b16-9+;. The number of hydrazone groups is 1. The van der Waals surface area contributed by atoms with Gasteiger partial charge in [0.05, 0.1) is 6.21 Å². The van der Waals surface area contributed by atoms with Crippen molar-refractivity contribution in [2.24, 2.45) is 12.1 Å². The molecule has 0 fully saturated rings. The van der Waals surface area contributed by atoms with Crippen LogP contribution in [0.1, 0.15) is 15.9 Å². The zero-order chi connectivity index (χ0) is 13.7. The number of pyridine rings is 1. The van der Waals surface area contributed by atoms with Crippen LogP contribution in [-0.4, -0.2) is 12.1 Å². The summed E-state index contributed by atoms with van der Waals surface area (Å²) in [5.41, 5.74) is 3.98. The van der Waals surface area contributed by atoms with Crippen LogP contribution in [0.4, 0.5) is 0 Å². The fraction of sp³-hybridized carbons (Fsp3) is 0.0714. The first-order valence-electron chi connectivity index (χ1n) is 5.69. The molecule has 0 saturated carbocycles. The number of amides is 1. The second-order valence-electron chi connectivity index (χ2n) is 4.01. The Morgan fingerprint density at radius 1 is 1.30 bits per heavy atom. The molecular formula is C14H14BrIN3O+. The molecule has 0 aliphatic carbocycles. The second kappa shape index (κ2) is 8.11. The Hall–Kier alpha value is -1.28. The van der Waals surface area contributed by atoms with Gasteiger partial charge in [0.1, 0.15) is 12.6 Å². The summed E-state index contributed by atoms with van der Waals surface area (Å²) in [7, 11) is 1.86. The average molecular weight is 447 g/mol. The van der Waals surface area contributed by atoms with E-state index in [1.165, 1.54) is 0 Å². The van der Waals surface area contributed by atoms with Crippen LogP contribution in [0.2, 0.25) is 0 Å². The maximum absolute atomic E-state index is 11.8. The number of benzene rings is 1. The normalized spacial score (nSPS) is 10.1. The number of nitrogens with zero attached hydrogens (tertiary/aromatic N) is 2. The first kappa shape index (κ1) is 16.8. The van der Waals surface area contributed by atoms with Crippen molar-refractivity contribution in [2.45, 2.75) is 0 Å². The molecule has 0 saturated heterocycles. The summed E-state index contributed by atoms with van der Waals surface area (Å²) in [5.74, 6) is -0.232. The summed E-state index contributed by atoms with van der Waals surface area (Å²) in [6, 6.07) is 11.2. The summed E-state index contributed by atoms with van der Waals surface area (Å²) in [4.78, 5) is 11.8. The Bertz CT molecular complexity index is 614. The first-order valence-corrected chi connectivity index (χ1v) is 6.49. The number of nitrogens with one attached hydrogen (secondary N) is 1. The molecule has 2 rings (SSSR count). The molecule has 4 nitrogen and oxygen atoms in total. The van der Waals surface area contributed by atoms with E-state index in [9.17, 15) is 4.79 Å². The first-order chi connectivity index (χ1) is 9.15. The molecule has 0 spiro atoms. The van der Waals surface area contributed by atoms with E-state index in [0.717, 1.165) is 10.0 Å². The number of rotatable bonds is 3. The van der Waals surface area contributed by atoms with Crippen molar-refractivity contribution < 1.29 is 9.36 Å². The molecule has 1 amide bonds. The second-order valence-corrected chi connectivity index (χ2v) is 4.92. The summed E-state index contributed by atoms with van der Waals surface area (Å²) >= 11 is 3.36. The molecule has 1 aromatic heterocycles. The fourth-order valence-corrected chi connectivity index (χ4v) is 1.77. The molecule has 0 aliphatic rings. The van der Waals surface area contributed by atoms with Gasteiger partial charge in [-0.15, -0.1) is 24.0 Å². The maximum atomic E-state index is 11.8.